The van der Waals surface area contributed by atoms with E-state index in [1.165, 1.54) is 30.8 Å². The fourth-order valence-corrected chi connectivity index (χ4v) is 1.17. The molecule has 2 radical (unpaired) electrons. The van der Waals surface area contributed by atoms with Gasteiger partial charge >= 0.3 is 52.4 Å². The fourth-order valence-electron chi connectivity index (χ4n) is 0.464. The zero-order chi connectivity index (χ0) is 4.41. The molecule has 1 aliphatic rings. The van der Waals surface area contributed by atoms with Gasteiger partial charge in [0.05, 0.1) is 0 Å². The van der Waals surface area contributed by atoms with Gasteiger partial charge in [0.25, 0.3) is 0 Å². The van der Waals surface area contributed by atoms with E-state index in [1.807, 2.05) is 0 Å². The van der Waals surface area contributed by atoms with E-state index in [0.29, 0.717) is 0 Å². The molecule has 6 heavy (non-hydrogen) atoms. The number of hydrogen-bond donors (Lipinski definition) is 0. The van der Waals surface area contributed by atoms with Crippen LogP contribution >= 0.6 is 0 Å². The van der Waals surface area contributed by atoms with Crippen molar-refractivity contribution in [3.05, 3.63) is 21.6 Å². The van der Waals surface area contributed by atoms with Crippen molar-refractivity contribution in [2.24, 2.45) is 0 Å². The van der Waals surface area contributed by atoms with Gasteiger partial charge in [-0.3, -0.25) is 0 Å². The zero-order valence-electron chi connectivity index (χ0n) is 3.52. The quantitative estimate of drug-likeness (QED) is 0.521. The topological polar surface area (TPSA) is 0 Å². The van der Waals surface area contributed by atoms with E-state index in [2.05, 4.69) is 18.2 Å². The Morgan fingerprint density at radius 3 is 2.67 bits per heavy atom. The first-order valence-electron chi connectivity index (χ1n) is 2.01. The first kappa shape index (κ1) is 4.51. The maximum atomic E-state index is 2.20. The number of allylic oxidation sites excluding steroid dienone is 4. The molecule has 0 unspecified atom stereocenters. The summed E-state index contributed by atoms with van der Waals surface area (Å²) in [5, 5.41) is 0. The summed E-state index contributed by atoms with van der Waals surface area (Å²) >= 11 is 1.31. The van der Waals surface area contributed by atoms with Gasteiger partial charge in [0.2, 0.25) is 0 Å². The predicted molar refractivity (Wildman–Crippen MR) is 27.6 cm³/mol. The van der Waals surface area contributed by atoms with Crippen LogP contribution in [0.1, 0.15) is 6.42 Å². The second-order valence-corrected chi connectivity index (χ2v) is 3.49. The first-order chi connectivity index (χ1) is 2.89. The molecule has 0 heterocycles. The van der Waals surface area contributed by atoms with Gasteiger partial charge in [-0.2, -0.15) is 0 Å². The van der Waals surface area contributed by atoms with E-state index in [4.69, 9.17) is 0 Å². The average Bonchev–Trinajstić information content (AvgIpc) is 1.86. The fraction of sp³-hybridized carbons (Fsp3) is 0.200. The van der Waals surface area contributed by atoms with Crippen molar-refractivity contribution in [1.29, 1.82) is 0 Å². The Balaban J connectivity index is 2.61. The molecule has 28 valence electrons. The standard InChI is InChI=1S/C5H5.In/c1-2-4-5-3-1;/h1-3H,4H2;. The predicted octanol–water partition coefficient (Wildman–Crippen LogP) is 0.999. The summed E-state index contributed by atoms with van der Waals surface area (Å²) in [6.45, 7) is 0. The van der Waals surface area contributed by atoms with Crippen LogP contribution in [0.4, 0.5) is 0 Å². The first-order valence-corrected chi connectivity index (χ1v) is 3.65. The molecule has 1 rings (SSSR count). The monoisotopic (exact) mass is 180 g/mol. The Kier molecular flexibility index (Phi) is 1.41. The molecule has 0 aromatic carbocycles. The third-order valence-corrected chi connectivity index (χ3v) is 2.02. The Bertz CT molecular complexity index is 101. The molecule has 0 nitrogen and oxygen atoms in total. The Morgan fingerprint density at radius 1 is 1.67 bits per heavy atom. The van der Waals surface area contributed by atoms with Crippen LogP contribution in [0.5, 0.6) is 0 Å². The summed E-state index contributed by atoms with van der Waals surface area (Å²) in [5.41, 5.74) is 0. The molecule has 0 spiro atoms. The van der Waals surface area contributed by atoms with Crippen LogP contribution in [-0.4, -0.2) is 24.4 Å². The molecule has 0 bridgehead atoms. The summed E-state index contributed by atoms with van der Waals surface area (Å²) in [6.07, 6.45) is 7.74. The molecule has 1 heteroatoms. The minimum atomic E-state index is 1.22. The molecular formula is C5H5In. The van der Waals surface area contributed by atoms with Gasteiger partial charge < -0.3 is 0 Å². The van der Waals surface area contributed by atoms with E-state index in [-0.39, 0.29) is 0 Å². The van der Waals surface area contributed by atoms with E-state index in [9.17, 15) is 0 Å². The molecule has 0 amide bonds. The Morgan fingerprint density at radius 2 is 2.50 bits per heavy atom. The van der Waals surface area contributed by atoms with Crippen molar-refractivity contribution in [3.8, 4) is 0 Å². The molecule has 0 saturated carbocycles. The van der Waals surface area contributed by atoms with Gasteiger partial charge in [-0.15, -0.1) is 0 Å². The Hall–Kier alpha value is 0.350. The molecule has 0 aliphatic heterocycles. The van der Waals surface area contributed by atoms with Crippen molar-refractivity contribution in [2.75, 3.05) is 0 Å². The third-order valence-electron chi connectivity index (χ3n) is 0.800. The van der Waals surface area contributed by atoms with Gasteiger partial charge in [-0.25, -0.2) is 0 Å². The van der Waals surface area contributed by atoms with Gasteiger partial charge in [0.15, 0.2) is 0 Å². The molecule has 0 atom stereocenters. The average molecular weight is 180 g/mol. The molecule has 1 aliphatic carbocycles. The molecule has 0 N–H and O–H groups in total. The SMILES string of the molecule is [In][C]1=CC=CC1. The zero-order valence-corrected chi connectivity index (χ0v) is 6.81. The normalized spacial score (nSPS) is 18.3. The van der Waals surface area contributed by atoms with E-state index in [0.717, 1.165) is 0 Å². The minimum absolute atomic E-state index is 1.22. The van der Waals surface area contributed by atoms with Crippen molar-refractivity contribution >= 4 is 24.4 Å². The summed E-state index contributed by atoms with van der Waals surface area (Å²) in [7, 11) is 0. The third kappa shape index (κ3) is 0.904. The molecular weight excluding hydrogens is 175 g/mol. The van der Waals surface area contributed by atoms with Crippen LogP contribution in [-0.2, 0) is 0 Å². The van der Waals surface area contributed by atoms with Crippen LogP contribution in [0, 0.1) is 0 Å². The number of hydrogen-bond acceptors (Lipinski definition) is 0. The van der Waals surface area contributed by atoms with Crippen LogP contribution < -0.4 is 0 Å². The van der Waals surface area contributed by atoms with Crippen molar-refractivity contribution in [3.63, 3.8) is 0 Å². The van der Waals surface area contributed by atoms with Gasteiger partial charge in [-0.1, -0.05) is 0 Å². The van der Waals surface area contributed by atoms with Crippen molar-refractivity contribution < 1.29 is 0 Å². The number of rotatable bonds is 0. The van der Waals surface area contributed by atoms with E-state index < -0.39 is 0 Å². The van der Waals surface area contributed by atoms with Crippen LogP contribution in [0.15, 0.2) is 21.6 Å². The Labute approximate surface area is 52.5 Å². The van der Waals surface area contributed by atoms with Crippen LogP contribution in [0.2, 0.25) is 0 Å². The van der Waals surface area contributed by atoms with Gasteiger partial charge in [0, 0.05) is 0 Å². The van der Waals surface area contributed by atoms with E-state index in [1.54, 1.807) is 3.33 Å². The molecule has 0 saturated heterocycles. The summed E-state index contributed by atoms with van der Waals surface area (Å²) in [5.74, 6) is 0. The molecule has 0 aromatic rings. The molecule has 0 aromatic heterocycles. The summed E-state index contributed by atoms with van der Waals surface area (Å²) in [4.78, 5) is 0. The van der Waals surface area contributed by atoms with Crippen molar-refractivity contribution in [2.45, 2.75) is 6.42 Å². The maximum absolute atomic E-state index is 2.20. The van der Waals surface area contributed by atoms with Crippen LogP contribution in [0.25, 0.3) is 0 Å². The summed E-state index contributed by atoms with van der Waals surface area (Å²) < 4.78 is 1.60. The van der Waals surface area contributed by atoms with Gasteiger partial charge in [-0.05, 0) is 0 Å². The molecule has 0 fully saturated rings. The van der Waals surface area contributed by atoms with Crippen molar-refractivity contribution in [1.82, 2.24) is 0 Å². The second-order valence-electron chi connectivity index (χ2n) is 1.37. The van der Waals surface area contributed by atoms with E-state index >= 15 is 0 Å². The van der Waals surface area contributed by atoms with Gasteiger partial charge in [0.1, 0.15) is 0 Å². The second kappa shape index (κ2) is 1.87. The summed E-state index contributed by atoms with van der Waals surface area (Å²) in [6, 6.07) is 0. The van der Waals surface area contributed by atoms with Crippen LogP contribution in [0.3, 0.4) is 0 Å².